The molecular weight excluding hydrogens is 286 g/mol. The minimum Gasteiger partial charge on any atom is -0.389 e. The van der Waals surface area contributed by atoms with Gasteiger partial charge in [-0.25, -0.2) is 8.42 Å². The zero-order valence-corrected chi connectivity index (χ0v) is 13.4. The van der Waals surface area contributed by atoms with Gasteiger partial charge in [-0.3, -0.25) is 0 Å². The maximum Gasteiger partial charge on any atom is 0.217 e. The number of aliphatic hydroxyl groups is 1. The van der Waals surface area contributed by atoms with E-state index in [2.05, 4.69) is 0 Å². The molecule has 1 aliphatic carbocycles. The van der Waals surface area contributed by atoms with Gasteiger partial charge in [0.15, 0.2) is 0 Å². The van der Waals surface area contributed by atoms with Crippen molar-refractivity contribution in [3.05, 3.63) is 35.4 Å². The summed E-state index contributed by atoms with van der Waals surface area (Å²) in [6, 6.07) is 7.66. The van der Waals surface area contributed by atoms with Crippen molar-refractivity contribution in [2.45, 2.75) is 56.4 Å². The molecule has 3 rings (SSSR count). The third-order valence-corrected chi connectivity index (χ3v) is 7.05. The van der Waals surface area contributed by atoms with Gasteiger partial charge in [-0.1, -0.05) is 24.3 Å². The van der Waals surface area contributed by atoms with Gasteiger partial charge in [0.1, 0.15) is 0 Å². The standard InChI is InChI=1S/C16H23NO3S/c1-16(2,18)15-8-5-9-17(15)21(19,20)14-10-12-6-3-4-7-13(12)11-14/h3-4,6-7,14-15,18H,5,8-11H2,1-2H3. The maximum absolute atomic E-state index is 13.0. The normalized spacial score (nSPS) is 24.4. The van der Waals surface area contributed by atoms with Crippen LogP contribution in [-0.2, 0) is 22.9 Å². The number of rotatable bonds is 3. The molecule has 1 aromatic rings. The zero-order chi connectivity index (χ0) is 15.3. The highest BCUT2D eigenvalue weighted by Gasteiger charge is 2.46. The lowest BCUT2D eigenvalue weighted by molar-refractivity contribution is 0.0212. The van der Waals surface area contributed by atoms with Crippen LogP contribution in [0.5, 0.6) is 0 Å². The SMILES string of the molecule is CC(C)(O)C1CCCN1S(=O)(=O)C1Cc2ccccc2C1. The Morgan fingerprint density at radius 3 is 2.29 bits per heavy atom. The van der Waals surface area contributed by atoms with Gasteiger partial charge >= 0.3 is 0 Å². The first-order valence-electron chi connectivity index (χ1n) is 7.60. The third kappa shape index (κ3) is 2.62. The molecule has 1 N–H and O–H groups in total. The fourth-order valence-corrected chi connectivity index (χ4v) is 5.94. The summed E-state index contributed by atoms with van der Waals surface area (Å²) in [6.07, 6.45) is 2.75. The van der Waals surface area contributed by atoms with E-state index in [1.807, 2.05) is 24.3 Å². The zero-order valence-electron chi connectivity index (χ0n) is 12.6. The van der Waals surface area contributed by atoms with Crippen LogP contribution in [0, 0.1) is 0 Å². The summed E-state index contributed by atoms with van der Waals surface area (Å²) < 4.78 is 27.5. The summed E-state index contributed by atoms with van der Waals surface area (Å²) in [5.41, 5.74) is 1.30. The lowest BCUT2D eigenvalue weighted by atomic mass is 9.98. The summed E-state index contributed by atoms with van der Waals surface area (Å²) >= 11 is 0. The molecule has 0 aromatic heterocycles. The first-order valence-corrected chi connectivity index (χ1v) is 9.10. The van der Waals surface area contributed by atoms with Crippen LogP contribution >= 0.6 is 0 Å². The summed E-state index contributed by atoms with van der Waals surface area (Å²) in [6.45, 7) is 3.94. The molecule has 1 saturated heterocycles. The molecule has 0 spiro atoms. The van der Waals surface area contributed by atoms with Gasteiger partial charge in [-0.05, 0) is 50.7 Å². The van der Waals surface area contributed by atoms with E-state index >= 15 is 0 Å². The van der Waals surface area contributed by atoms with Crippen LogP contribution in [0.15, 0.2) is 24.3 Å². The van der Waals surface area contributed by atoms with Crippen LogP contribution in [0.3, 0.4) is 0 Å². The Morgan fingerprint density at radius 1 is 1.19 bits per heavy atom. The number of nitrogens with zero attached hydrogens (tertiary/aromatic N) is 1. The van der Waals surface area contributed by atoms with Crippen LogP contribution in [-0.4, -0.2) is 41.3 Å². The van der Waals surface area contributed by atoms with Crippen LogP contribution in [0.1, 0.15) is 37.8 Å². The highest BCUT2D eigenvalue weighted by Crippen LogP contribution is 2.34. The average molecular weight is 309 g/mol. The third-order valence-electron chi connectivity index (χ3n) is 4.78. The van der Waals surface area contributed by atoms with Crippen LogP contribution in [0.25, 0.3) is 0 Å². The molecule has 1 aliphatic heterocycles. The molecule has 2 aliphatic rings. The maximum atomic E-state index is 13.0. The number of hydrogen-bond acceptors (Lipinski definition) is 3. The van der Waals surface area contributed by atoms with Gasteiger partial charge < -0.3 is 5.11 Å². The Labute approximate surface area is 126 Å². The number of fused-ring (bicyclic) bond motifs is 1. The molecule has 0 amide bonds. The molecule has 5 heteroatoms. The summed E-state index contributed by atoms with van der Waals surface area (Å²) in [5, 5.41) is 9.88. The van der Waals surface area contributed by atoms with Crippen molar-refractivity contribution in [3.63, 3.8) is 0 Å². The van der Waals surface area contributed by atoms with E-state index < -0.39 is 15.6 Å². The molecule has 1 atom stereocenters. The fourth-order valence-electron chi connectivity index (χ4n) is 3.67. The molecule has 1 fully saturated rings. The van der Waals surface area contributed by atoms with E-state index in [-0.39, 0.29) is 11.3 Å². The first kappa shape index (κ1) is 15.0. The molecular formula is C16H23NO3S. The molecule has 1 unspecified atom stereocenters. The van der Waals surface area contributed by atoms with Crippen molar-refractivity contribution in [2.24, 2.45) is 0 Å². The molecule has 0 bridgehead atoms. The Kier molecular flexibility index (Phi) is 3.62. The molecule has 1 aromatic carbocycles. The summed E-state index contributed by atoms with van der Waals surface area (Å²) in [7, 11) is -3.37. The summed E-state index contributed by atoms with van der Waals surface area (Å²) in [5.74, 6) is 0. The minimum absolute atomic E-state index is 0.300. The molecule has 4 nitrogen and oxygen atoms in total. The van der Waals surface area contributed by atoms with Crippen molar-refractivity contribution in [3.8, 4) is 0 Å². The Morgan fingerprint density at radius 2 is 1.76 bits per heavy atom. The van der Waals surface area contributed by atoms with Gasteiger partial charge in [0.05, 0.1) is 16.9 Å². The lowest BCUT2D eigenvalue weighted by Crippen LogP contribution is -2.50. The molecule has 0 radical (unpaired) electrons. The molecule has 1 heterocycles. The largest absolute Gasteiger partial charge is 0.389 e. The predicted octanol–water partition coefficient (Wildman–Crippen LogP) is 1.72. The Bertz CT molecular complexity index is 608. The van der Waals surface area contributed by atoms with E-state index in [4.69, 9.17) is 0 Å². The number of sulfonamides is 1. The second kappa shape index (κ2) is 5.07. The monoisotopic (exact) mass is 309 g/mol. The van der Waals surface area contributed by atoms with Crippen molar-refractivity contribution >= 4 is 10.0 Å². The fraction of sp³-hybridized carbons (Fsp3) is 0.625. The highest BCUT2D eigenvalue weighted by atomic mass is 32.2. The van der Waals surface area contributed by atoms with Gasteiger partial charge in [0, 0.05) is 6.54 Å². The summed E-state index contributed by atoms with van der Waals surface area (Å²) in [4.78, 5) is 0. The second-order valence-electron chi connectivity index (χ2n) is 6.77. The topological polar surface area (TPSA) is 57.6 Å². The van der Waals surface area contributed by atoms with Crippen molar-refractivity contribution < 1.29 is 13.5 Å². The Hall–Kier alpha value is -0.910. The van der Waals surface area contributed by atoms with Crippen molar-refractivity contribution in [2.75, 3.05) is 6.54 Å². The molecule has 116 valence electrons. The molecule has 0 saturated carbocycles. The van der Waals surface area contributed by atoms with E-state index in [1.54, 1.807) is 18.2 Å². The van der Waals surface area contributed by atoms with Gasteiger partial charge in [-0.2, -0.15) is 4.31 Å². The van der Waals surface area contributed by atoms with Gasteiger partial charge in [0.2, 0.25) is 10.0 Å². The van der Waals surface area contributed by atoms with Crippen LogP contribution in [0.4, 0.5) is 0 Å². The smallest absolute Gasteiger partial charge is 0.217 e. The number of benzene rings is 1. The lowest BCUT2D eigenvalue weighted by Gasteiger charge is -2.34. The first-order chi connectivity index (χ1) is 9.80. The molecule has 21 heavy (non-hydrogen) atoms. The van der Waals surface area contributed by atoms with Crippen molar-refractivity contribution in [1.82, 2.24) is 4.31 Å². The van der Waals surface area contributed by atoms with E-state index in [1.165, 1.54) is 0 Å². The van der Waals surface area contributed by atoms with E-state index in [9.17, 15) is 13.5 Å². The predicted molar refractivity (Wildman–Crippen MR) is 82.6 cm³/mol. The van der Waals surface area contributed by atoms with E-state index in [0.29, 0.717) is 19.4 Å². The van der Waals surface area contributed by atoms with Gasteiger partial charge in [-0.15, -0.1) is 0 Å². The van der Waals surface area contributed by atoms with Crippen LogP contribution < -0.4 is 0 Å². The quantitative estimate of drug-likeness (QED) is 0.925. The van der Waals surface area contributed by atoms with Crippen molar-refractivity contribution in [1.29, 1.82) is 0 Å². The average Bonchev–Trinajstić information content (AvgIpc) is 3.05. The second-order valence-corrected chi connectivity index (χ2v) is 8.93. The van der Waals surface area contributed by atoms with E-state index in [0.717, 1.165) is 24.0 Å². The van der Waals surface area contributed by atoms with Crippen LogP contribution in [0.2, 0.25) is 0 Å². The highest BCUT2D eigenvalue weighted by molar-refractivity contribution is 7.89. The number of hydrogen-bond donors (Lipinski definition) is 1. The van der Waals surface area contributed by atoms with Gasteiger partial charge in [0.25, 0.3) is 0 Å². The Balaban J connectivity index is 1.86. The minimum atomic E-state index is -3.37.